The standard InChI is InChI=1S/C8H5F3N2/c9-2-5-1-6(8(10)11)4-13-7(5)3-12/h1,4,8H,2H2. The van der Waals surface area contributed by atoms with Crippen molar-refractivity contribution in [2.75, 3.05) is 0 Å². The van der Waals surface area contributed by atoms with Crippen molar-refractivity contribution in [1.29, 1.82) is 5.26 Å². The Hall–Kier alpha value is -1.57. The summed E-state index contributed by atoms with van der Waals surface area (Å²) in [5.41, 5.74) is -0.612. The fraction of sp³-hybridized carbons (Fsp3) is 0.250. The molecule has 0 amide bonds. The molecule has 13 heavy (non-hydrogen) atoms. The molecule has 0 N–H and O–H groups in total. The van der Waals surface area contributed by atoms with Crippen LogP contribution in [0.25, 0.3) is 0 Å². The van der Waals surface area contributed by atoms with Crippen LogP contribution in [0.15, 0.2) is 12.3 Å². The van der Waals surface area contributed by atoms with Gasteiger partial charge in [-0.25, -0.2) is 18.2 Å². The molecule has 0 bridgehead atoms. The van der Waals surface area contributed by atoms with E-state index in [-0.39, 0.29) is 16.8 Å². The summed E-state index contributed by atoms with van der Waals surface area (Å²) in [6.45, 7) is -0.962. The second-order valence-corrected chi connectivity index (χ2v) is 2.32. The second-order valence-electron chi connectivity index (χ2n) is 2.32. The lowest BCUT2D eigenvalue weighted by Crippen LogP contribution is -1.95. The average molecular weight is 186 g/mol. The molecule has 0 aliphatic heterocycles. The fourth-order valence-corrected chi connectivity index (χ4v) is 0.851. The van der Waals surface area contributed by atoms with Gasteiger partial charge in [0.25, 0.3) is 6.43 Å². The third-order valence-electron chi connectivity index (χ3n) is 1.49. The van der Waals surface area contributed by atoms with E-state index >= 15 is 0 Å². The lowest BCUT2D eigenvalue weighted by molar-refractivity contribution is 0.150. The molecule has 0 aliphatic carbocycles. The number of nitrogens with zero attached hydrogens (tertiary/aromatic N) is 2. The van der Waals surface area contributed by atoms with Gasteiger partial charge in [0.15, 0.2) is 0 Å². The normalized spacial score (nSPS) is 10.1. The highest BCUT2D eigenvalue weighted by Crippen LogP contribution is 2.20. The first kappa shape index (κ1) is 9.52. The van der Waals surface area contributed by atoms with Crippen molar-refractivity contribution in [3.63, 3.8) is 0 Å². The van der Waals surface area contributed by atoms with Crippen molar-refractivity contribution >= 4 is 0 Å². The molecule has 0 unspecified atom stereocenters. The van der Waals surface area contributed by atoms with Crippen molar-refractivity contribution in [3.8, 4) is 6.07 Å². The minimum Gasteiger partial charge on any atom is -0.246 e. The van der Waals surface area contributed by atoms with E-state index in [9.17, 15) is 13.2 Å². The van der Waals surface area contributed by atoms with Crippen LogP contribution < -0.4 is 0 Å². The van der Waals surface area contributed by atoms with Gasteiger partial charge in [-0.2, -0.15) is 5.26 Å². The van der Waals surface area contributed by atoms with Crippen molar-refractivity contribution in [2.45, 2.75) is 13.1 Å². The maximum Gasteiger partial charge on any atom is 0.265 e. The van der Waals surface area contributed by atoms with Crippen LogP contribution in [0.5, 0.6) is 0 Å². The minimum atomic E-state index is -2.69. The summed E-state index contributed by atoms with van der Waals surface area (Å²) in [6, 6.07) is 2.57. The Morgan fingerprint density at radius 2 is 2.23 bits per heavy atom. The average Bonchev–Trinajstić information content (AvgIpc) is 2.16. The second kappa shape index (κ2) is 3.90. The van der Waals surface area contributed by atoms with Gasteiger partial charge in [0, 0.05) is 17.3 Å². The van der Waals surface area contributed by atoms with Crippen LogP contribution in [-0.4, -0.2) is 4.98 Å². The summed E-state index contributed by atoms with van der Waals surface area (Å²) in [7, 11) is 0. The van der Waals surface area contributed by atoms with E-state index in [1.165, 1.54) is 0 Å². The summed E-state index contributed by atoms with van der Waals surface area (Å²) in [6.07, 6.45) is -1.81. The summed E-state index contributed by atoms with van der Waals surface area (Å²) >= 11 is 0. The summed E-state index contributed by atoms with van der Waals surface area (Å²) in [4.78, 5) is 3.41. The predicted molar refractivity (Wildman–Crippen MR) is 38.7 cm³/mol. The van der Waals surface area contributed by atoms with E-state index in [1.807, 2.05) is 0 Å². The highest BCUT2D eigenvalue weighted by molar-refractivity contribution is 5.33. The van der Waals surface area contributed by atoms with Crippen molar-refractivity contribution < 1.29 is 13.2 Å². The zero-order valence-corrected chi connectivity index (χ0v) is 6.47. The lowest BCUT2D eigenvalue weighted by atomic mass is 10.1. The molecule has 0 fully saturated rings. The number of hydrogen-bond acceptors (Lipinski definition) is 2. The molecule has 1 aromatic rings. The van der Waals surface area contributed by atoms with Crippen LogP contribution >= 0.6 is 0 Å². The van der Waals surface area contributed by atoms with E-state index in [4.69, 9.17) is 5.26 Å². The van der Waals surface area contributed by atoms with Gasteiger partial charge in [-0.1, -0.05) is 0 Å². The van der Waals surface area contributed by atoms with Gasteiger partial charge in [0.05, 0.1) is 0 Å². The molecule has 0 atom stereocenters. The number of halogens is 3. The van der Waals surface area contributed by atoms with E-state index in [0.717, 1.165) is 12.3 Å². The Morgan fingerprint density at radius 3 is 2.69 bits per heavy atom. The Kier molecular flexibility index (Phi) is 2.85. The smallest absolute Gasteiger partial charge is 0.246 e. The monoisotopic (exact) mass is 186 g/mol. The maximum atomic E-state index is 12.2. The van der Waals surface area contributed by atoms with Crippen LogP contribution in [0.3, 0.4) is 0 Å². The van der Waals surface area contributed by atoms with Crippen molar-refractivity contribution in [3.05, 3.63) is 29.1 Å². The summed E-state index contributed by atoms with van der Waals surface area (Å²) in [5.74, 6) is 0. The van der Waals surface area contributed by atoms with E-state index in [2.05, 4.69) is 4.98 Å². The Balaban J connectivity index is 3.15. The van der Waals surface area contributed by atoms with Gasteiger partial charge in [-0.15, -0.1) is 0 Å². The van der Waals surface area contributed by atoms with Gasteiger partial charge in [-0.3, -0.25) is 0 Å². The molecule has 5 heteroatoms. The SMILES string of the molecule is N#Cc1ncc(C(F)F)cc1CF. The Morgan fingerprint density at radius 1 is 1.54 bits per heavy atom. The molecule has 0 aliphatic rings. The number of alkyl halides is 3. The molecule has 0 aromatic carbocycles. The highest BCUT2D eigenvalue weighted by Gasteiger charge is 2.11. The molecule has 0 radical (unpaired) electrons. The zero-order valence-electron chi connectivity index (χ0n) is 6.47. The molecule has 0 saturated heterocycles. The van der Waals surface area contributed by atoms with Crippen LogP contribution in [0, 0.1) is 11.3 Å². The molecule has 68 valence electrons. The minimum absolute atomic E-state index is 0.0969. The first-order valence-corrected chi connectivity index (χ1v) is 3.42. The van der Waals surface area contributed by atoms with E-state index in [1.54, 1.807) is 6.07 Å². The quantitative estimate of drug-likeness (QED) is 0.710. The van der Waals surface area contributed by atoms with Crippen LogP contribution in [0.1, 0.15) is 23.2 Å². The molecule has 0 spiro atoms. The molecular formula is C8H5F3N2. The molecule has 2 nitrogen and oxygen atoms in total. The number of rotatable bonds is 2. The summed E-state index contributed by atoms with van der Waals surface area (Å²) < 4.78 is 36.3. The molecule has 1 rings (SSSR count). The van der Waals surface area contributed by atoms with Gasteiger partial charge >= 0.3 is 0 Å². The predicted octanol–water partition coefficient (Wildman–Crippen LogP) is 2.36. The molecule has 0 saturated carbocycles. The number of hydrogen-bond donors (Lipinski definition) is 0. The fourth-order valence-electron chi connectivity index (χ4n) is 0.851. The van der Waals surface area contributed by atoms with E-state index in [0.29, 0.717) is 0 Å². The summed E-state index contributed by atoms with van der Waals surface area (Å²) in [5, 5.41) is 8.41. The Bertz CT molecular complexity index is 344. The van der Waals surface area contributed by atoms with E-state index < -0.39 is 13.1 Å². The maximum absolute atomic E-state index is 12.2. The third-order valence-corrected chi connectivity index (χ3v) is 1.49. The van der Waals surface area contributed by atoms with Crippen LogP contribution in [-0.2, 0) is 6.67 Å². The lowest BCUT2D eigenvalue weighted by Gasteiger charge is -2.01. The molecular weight excluding hydrogens is 181 g/mol. The number of nitriles is 1. The Labute approximate surface area is 72.6 Å². The third kappa shape index (κ3) is 1.96. The number of pyridine rings is 1. The highest BCUT2D eigenvalue weighted by atomic mass is 19.3. The van der Waals surface area contributed by atoms with Crippen molar-refractivity contribution in [2.24, 2.45) is 0 Å². The number of aromatic nitrogens is 1. The van der Waals surface area contributed by atoms with Gasteiger partial charge in [0.2, 0.25) is 0 Å². The zero-order chi connectivity index (χ0) is 9.84. The first-order chi connectivity index (χ1) is 6.19. The van der Waals surface area contributed by atoms with Gasteiger partial charge < -0.3 is 0 Å². The molecule has 1 aromatic heterocycles. The van der Waals surface area contributed by atoms with Gasteiger partial charge in [0.1, 0.15) is 18.4 Å². The first-order valence-electron chi connectivity index (χ1n) is 3.42. The largest absolute Gasteiger partial charge is 0.265 e. The molecule has 1 heterocycles. The van der Waals surface area contributed by atoms with Gasteiger partial charge in [-0.05, 0) is 6.07 Å². The van der Waals surface area contributed by atoms with Crippen molar-refractivity contribution in [1.82, 2.24) is 4.98 Å². The van der Waals surface area contributed by atoms with Crippen LogP contribution in [0.2, 0.25) is 0 Å². The topological polar surface area (TPSA) is 36.7 Å². The van der Waals surface area contributed by atoms with Crippen LogP contribution in [0.4, 0.5) is 13.2 Å².